The summed E-state index contributed by atoms with van der Waals surface area (Å²) in [7, 11) is -4.67. The van der Waals surface area contributed by atoms with Gasteiger partial charge in [0.25, 0.3) is 0 Å². The minimum absolute atomic E-state index is 0.0110. The number of nitrogens with two attached hydrogens (primary N) is 1. The van der Waals surface area contributed by atoms with Crippen LogP contribution in [0.5, 0.6) is 5.75 Å². The van der Waals surface area contributed by atoms with Crippen molar-refractivity contribution in [1.82, 2.24) is 0 Å². The van der Waals surface area contributed by atoms with E-state index in [0.29, 0.717) is 6.54 Å². The number of sulfone groups is 1. The predicted octanol–water partition coefficient (Wildman–Crippen LogP) is 2.58. The third-order valence-corrected chi connectivity index (χ3v) is 5.23. The van der Waals surface area contributed by atoms with E-state index in [0.717, 1.165) is 31.7 Å². The van der Waals surface area contributed by atoms with Crippen LogP contribution in [0.25, 0.3) is 0 Å². The Balaban J connectivity index is 2.28. The molecule has 2 rings (SSSR count). The molecular weight excluding hydrogens is 300 g/mol. The third kappa shape index (κ3) is 3.52. The van der Waals surface area contributed by atoms with Gasteiger partial charge in [0.1, 0.15) is 16.7 Å². The molecule has 0 aliphatic heterocycles. The smallest absolute Gasteiger partial charge is 0.341 e. The van der Waals surface area contributed by atoms with Crippen LogP contribution in [0.2, 0.25) is 0 Å². The Morgan fingerprint density at radius 3 is 2.57 bits per heavy atom. The SMILES string of the molecule is NCC1CCCCC1Oc1ccccc1S(=O)(=O)C(F)F. The summed E-state index contributed by atoms with van der Waals surface area (Å²) in [5.41, 5.74) is 5.70. The summed E-state index contributed by atoms with van der Waals surface area (Å²) in [6, 6.07) is 5.54. The highest BCUT2D eigenvalue weighted by Gasteiger charge is 2.32. The van der Waals surface area contributed by atoms with Crippen molar-refractivity contribution >= 4 is 9.84 Å². The van der Waals surface area contributed by atoms with E-state index in [1.165, 1.54) is 12.1 Å². The van der Waals surface area contributed by atoms with Crippen molar-refractivity contribution in [2.75, 3.05) is 6.54 Å². The molecule has 2 unspecified atom stereocenters. The fourth-order valence-corrected chi connectivity index (χ4v) is 3.50. The van der Waals surface area contributed by atoms with Crippen LogP contribution in [-0.2, 0) is 9.84 Å². The Kier molecular flexibility index (Phi) is 5.16. The van der Waals surface area contributed by atoms with Gasteiger partial charge in [0, 0.05) is 5.92 Å². The average molecular weight is 319 g/mol. The predicted molar refractivity (Wildman–Crippen MR) is 75.1 cm³/mol. The van der Waals surface area contributed by atoms with Crippen molar-refractivity contribution in [1.29, 1.82) is 0 Å². The Morgan fingerprint density at radius 1 is 1.24 bits per heavy atom. The standard InChI is InChI=1S/C14H19F2NO3S/c15-14(16)21(18,19)13-8-4-3-7-12(13)20-11-6-2-1-5-10(11)9-17/h3-4,7-8,10-11,14H,1-2,5-6,9,17H2. The zero-order valence-electron chi connectivity index (χ0n) is 11.5. The second kappa shape index (κ2) is 6.70. The van der Waals surface area contributed by atoms with E-state index in [4.69, 9.17) is 10.5 Å². The summed E-state index contributed by atoms with van der Waals surface area (Å²) in [4.78, 5) is -0.457. The molecule has 0 spiro atoms. The number of benzene rings is 1. The maximum Gasteiger partial charge on any atom is 0.341 e. The maximum absolute atomic E-state index is 12.7. The van der Waals surface area contributed by atoms with Gasteiger partial charge in [-0.2, -0.15) is 8.78 Å². The fourth-order valence-electron chi connectivity index (χ4n) is 2.64. The maximum atomic E-state index is 12.7. The molecular formula is C14H19F2NO3S. The molecule has 118 valence electrons. The number of para-hydroxylation sites is 1. The molecule has 21 heavy (non-hydrogen) atoms. The number of halogens is 2. The van der Waals surface area contributed by atoms with Gasteiger partial charge >= 0.3 is 5.76 Å². The fraction of sp³-hybridized carbons (Fsp3) is 0.571. The Bertz CT molecular complexity index is 577. The summed E-state index contributed by atoms with van der Waals surface area (Å²) in [5.74, 6) is -3.34. The number of alkyl halides is 2. The van der Waals surface area contributed by atoms with E-state index in [1.807, 2.05) is 0 Å². The highest BCUT2D eigenvalue weighted by atomic mass is 32.2. The Morgan fingerprint density at radius 2 is 1.90 bits per heavy atom. The molecule has 2 N–H and O–H groups in total. The molecule has 1 aromatic carbocycles. The summed E-state index contributed by atoms with van der Waals surface area (Å²) >= 11 is 0. The van der Waals surface area contributed by atoms with E-state index in [1.54, 1.807) is 6.07 Å². The van der Waals surface area contributed by atoms with Crippen LogP contribution in [0.15, 0.2) is 29.2 Å². The van der Waals surface area contributed by atoms with Gasteiger partial charge in [0.15, 0.2) is 0 Å². The van der Waals surface area contributed by atoms with Gasteiger partial charge < -0.3 is 10.5 Å². The van der Waals surface area contributed by atoms with Crippen LogP contribution < -0.4 is 10.5 Å². The van der Waals surface area contributed by atoms with Gasteiger partial charge in [0.05, 0.1) is 0 Å². The van der Waals surface area contributed by atoms with Crippen LogP contribution in [-0.4, -0.2) is 26.8 Å². The van der Waals surface area contributed by atoms with Crippen molar-refractivity contribution in [3.63, 3.8) is 0 Å². The number of hydrogen-bond acceptors (Lipinski definition) is 4. The van der Waals surface area contributed by atoms with Gasteiger partial charge in [-0.1, -0.05) is 18.6 Å². The molecule has 0 radical (unpaired) electrons. The van der Waals surface area contributed by atoms with E-state index < -0.39 is 20.5 Å². The Hall–Kier alpha value is -1.21. The van der Waals surface area contributed by atoms with Gasteiger partial charge in [-0.05, 0) is 37.9 Å². The molecule has 0 aromatic heterocycles. The summed E-state index contributed by atoms with van der Waals surface area (Å²) in [6.07, 6.45) is 3.46. The molecule has 0 amide bonds. The highest BCUT2D eigenvalue weighted by molar-refractivity contribution is 7.91. The quantitative estimate of drug-likeness (QED) is 0.905. The first-order valence-corrected chi connectivity index (χ1v) is 8.49. The van der Waals surface area contributed by atoms with Crippen molar-refractivity contribution < 1.29 is 21.9 Å². The lowest BCUT2D eigenvalue weighted by atomic mass is 9.86. The molecule has 0 saturated heterocycles. The lowest BCUT2D eigenvalue weighted by Crippen LogP contribution is -2.35. The first kappa shape index (κ1) is 16.2. The van der Waals surface area contributed by atoms with E-state index >= 15 is 0 Å². The second-order valence-corrected chi connectivity index (χ2v) is 7.08. The molecule has 2 atom stereocenters. The number of rotatable bonds is 5. The second-order valence-electron chi connectivity index (χ2n) is 5.19. The Labute approximate surface area is 123 Å². The first-order chi connectivity index (χ1) is 9.96. The largest absolute Gasteiger partial charge is 0.489 e. The molecule has 7 heteroatoms. The number of ether oxygens (including phenoxy) is 1. The molecule has 1 saturated carbocycles. The van der Waals surface area contributed by atoms with Crippen molar-refractivity contribution in [2.45, 2.75) is 42.4 Å². The summed E-state index contributed by atoms with van der Waals surface area (Å²) < 4.78 is 54.6. The lowest BCUT2D eigenvalue weighted by molar-refractivity contribution is 0.0937. The lowest BCUT2D eigenvalue weighted by Gasteiger charge is -2.31. The van der Waals surface area contributed by atoms with Crippen LogP contribution in [0, 0.1) is 5.92 Å². The molecule has 4 nitrogen and oxygen atoms in total. The third-order valence-electron chi connectivity index (χ3n) is 3.81. The van der Waals surface area contributed by atoms with Crippen molar-refractivity contribution in [3.8, 4) is 5.75 Å². The minimum atomic E-state index is -4.67. The van der Waals surface area contributed by atoms with Crippen LogP contribution in [0.4, 0.5) is 8.78 Å². The molecule has 1 fully saturated rings. The molecule has 0 heterocycles. The number of hydrogen-bond donors (Lipinski definition) is 1. The summed E-state index contributed by atoms with van der Waals surface area (Å²) in [6.45, 7) is 0.439. The van der Waals surface area contributed by atoms with Crippen LogP contribution >= 0.6 is 0 Å². The van der Waals surface area contributed by atoms with Crippen LogP contribution in [0.1, 0.15) is 25.7 Å². The summed E-state index contributed by atoms with van der Waals surface area (Å²) in [5, 5.41) is 0. The van der Waals surface area contributed by atoms with E-state index in [9.17, 15) is 17.2 Å². The topological polar surface area (TPSA) is 69.4 Å². The van der Waals surface area contributed by atoms with E-state index in [2.05, 4.69) is 0 Å². The molecule has 1 aromatic rings. The van der Waals surface area contributed by atoms with Gasteiger partial charge in [0.2, 0.25) is 9.84 Å². The van der Waals surface area contributed by atoms with Crippen molar-refractivity contribution in [3.05, 3.63) is 24.3 Å². The molecule has 1 aliphatic carbocycles. The first-order valence-electron chi connectivity index (χ1n) is 6.94. The van der Waals surface area contributed by atoms with Crippen molar-refractivity contribution in [2.24, 2.45) is 11.7 Å². The highest BCUT2D eigenvalue weighted by Crippen LogP contribution is 2.33. The van der Waals surface area contributed by atoms with Gasteiger partial charge in [-0.3, -0.25) is 0 Å². The normalized spacial score (nSPS) is 23.2. The monoisotopic (exact) mass is 319 g/mol. The van der Waals surface area contributed by atoms with Crippen LogP contribution in [0.3, 0.4) is 0 Å². The average Bonchev–Trinajstić information content (AvgIpc) is 2.48. The minimum Gasteiger partial charge on any atom is -0.489 e. The van der Waals surface area contributed by atoms with Gasteiger partial charge in [-0.25, -0.2) is 8.42 Å². The van der Waals surface area contributed by atoms with E-state index in [-0.39, 0.29) is 17.8 Å². The zero-order valence-corrected chi connectivity index (χ0v) is 12.4. The zero-order chi connectivity index (χ0) is 15.5. The molecule has 1 aliphatic rings. The van der Waals surface area contributed by atoms with Gasteiger partial charge in [-0.15, -0.1) is 0 Å². The molecule has 0 bridgehead atoms.